The summed E-state index contributed by atoms with van der Waals surface area (Å²) in [6.07, 6.45) is 3.23. The van der Waals surface area contributed by atoms with Crippen LogP contribution in [-0.2, 0) is 11.2 Å². The molecule has 4 aromatic carbocycles. The van der Waals surface area contributed by atoms with Crippen molar-refractivity contribution in [2.75, 3.05) is 6.61 Å². The normalized spacial score (nSPS) is 23.4. The Balaban J connectivity index is 1.47. The van der Waals surface area contributed by atoms with Gasteiger partial charge in [-0.2, -0.15) is 0 Å². The second-order valence-corrected chi connectivity index (χ2v) is 13.1. The van der Waals surface area contributed by atoms with Gasteiger partial charge in [-0.25, -0.2) is 0 Å². The molecule has 2 N–H and O–H groups in total. The van der Waals surface area contributed by atoms with Gasteiger partial charge in [0.15, 0.2) is 11.5 Å². The number of hydrogen-bond donors (Lipinski definition) is 2. The van der Waals surface area contributed by atoms with E-state index in [1.54, 1.807) is 0 Å². The topological polar surface area (TPSA) is 58.9 Å². The van der Waals surface area contributed by atoms with E-state index < -0.39 is 5.79 Å². The minimum atomic E-state index is -1.31. The molecule has 4 nitrogen and oxygen atoms in total. The van der Waals surface area contributed by atoms with Crippen molar-refractivity contribution in [3.05, 3.63) is 89.5 Å². The Morgan fingerprint density at radius 2 is 1.32 bits per heavy atom. The SMILES string of the molecule is CC1(C)CC(C)(C)CC2(C1)c1ccccc1-c1c2cc(O)c2cc3c(cc12)OC(CO)(c1ccccc1)O3. The van der Waals surface area contributed by atoms with Crippen molar-refractivity contribution in [2.24, 2.45) is 10.8 Å². The van der Waals surface area contributed by atoms with Gasteiger partial charge < -0.3 is 19.7 Å². The summed E-state index contributed by atoms with van der Waals surface area (Å²) in [7, 11) is 0. The lowest BCUT2D eigenvalue weighted by molar-refractivity contribution is -0.122. The molecule has 3 aliphatic rings. The molecule has 1 unspecified atom stereocenters. The van der Waals surface area contributed by atoms with Gasteiger partial charge in [-0.05, 0) is 75.9 Å². The summed E-state index contributed by atoms with van der Waals surface area (Å²) < 4.78 is 12.6. The molecule has 2 aliphatic carbocycles. The smallest absolute Gasteiger partial charge is 0.301 e. The van der Waals surface area contributed by atoms with E-state index in [0.717, 1.165) is 29.2 Å². The molecule has 4 aromatic rings. The molecule has 0 radical (unpaired) electrons. The highest BCUT2D eigenvalue weighted by Crippen LogP contribution is 2.65. The molecule has 7 rings (SSSR count). The fourth-order valence-electron chi connectivity index (χ4n) is 8.34. The number of phenols is 1. The predicted molar refractivity (Wildman–Crippen MR) is 150 cm³/mol. The molecule has 1 spiro atoms. The second-order valence-electron chi connectivity index (χ2n) is 13.1. The summed E-state index contributed by atoms with van der Waals surface area (Å²) in [5.41, 5.74) is 5.87. The Morgan fingerprint density at radius 1 is 0.711 bits per heavy atom. The van der Waals surface area contributed by atoms with E-state index in [1.807, 2.05) is 48.5 Å². The van der Waals surface area contributed by atoms with Crippen molar-refractivity contribution in [1.82, 2.24) is 0 Å². The number of hydrogen-bond acceptors (Lipinski definition) is 4. The highest BCUT2D eigenvalue weighted by Gasteiger charge is 2.54. The summed E-state index contributed by atoms with van der Waals surface area (Å²) in [6, 6.07) is 24.2. The monoisotopic (exact) mass is 506 g/mol. The first-order valence-corrected chi connectivity index (χ1v) is 13.6. The fourth-order valence-corrected chi connectivity index (χ4v) is 8.34. The van der Waals surface area contributed by atoms with Gasteiger partial charge in [0.1, 0.15) is 12.4 Å². The van der Waals surface area contributed by atoms with Crippen molar-refractivity contribution in [3.63, 3.8) is 0 Å². The van der Waals surface area contributed by atoms with Crippen LogP contribution in [0.25, 0.3) is 21.9 Å². The van der Waals surface area contributed by atoms with Gasteiger partial charge >= 0.3 is 5.79 Å². The molecule has 0 bridgehead atoms. The van der Waals surface area contributed by atoms with Crippen LogP contribution < -0.4 is 9.47 Å². The van der Waals surface area contributed by atoms with Crippen LogP contribution >= 0.6 is 0 Å². The Hall–Kier alpha value is -3.50. The van der Waals surface area contributed by atoms with Crippen LogP contribution in [0.1, 0.15) is 63.6 Å². The van der Waals surface area contributed by atoms with Gasteiger partial charge in [0.2, 0.25) is 0 Å². The largest absolute Gasteiger partial charge is 0.507 e. The maximum atomic E-state index is 11.5. The molecule has 1 fully saturated rings. The van der Waals surface area contributed by atoms with E-state index in [2.05, 4.69) is 52.0 Å². The molecule has 1 heterocycles. The van der Waals surface area contributed by atoms with E-state index in [0.29, 0.717) is 11.5 Å². The van der Waals surface area contributed by atoms with Crippen LogP contribution in [0.5, 0.6) is 17.2 Å². The Kier molecular flexibility index (Phi) is 4.68. The van der Waals surface area contributed by atoms with E-state index in [1.165, 1.54) is 28.7 Å². The number of ether oxygens (including phenoxy) is 2. The van der Waals surface area contributed by atoms with Crippen LogP contribution in [0.15, 0.2) is 72.8 Å². The lowest BCUT2D eigenvalue weighted by atomic mass is 9.52. The van der Waals surface area contributed by atoms with E-state index in [9.17, 15) is 10.2 Å². The summed E-state index contributed by atoms with van der Waals surface area (Å²) in [4.78, 5) is 0. The first-order chi connectivity index (χ1) is 18.1. The maximum absolute atomic E-state index is 11.5. The van der Waals surface area contributed by atoms with Gasteiger partial charge in [0.05, 0.1) is 0 Å². The summed E-state index contributed by atoms with van der Waals surface area (Å²) in [5.74, 6) is 0.0355. The van der Waals surface area contributed by atoms with Crippen LogP contribution in [0.2, 0.25) is 0 Å². The number of fused-ring (bicyclic) bond motifs is 8. The highest BCUT2D eigenvalue weighted by atomic mass is 16.7. The number of benzene rings is 4. The molecular formula is C34H34O4. The zero-order chi connectivity index (χ0) is 26.5. The average Bonchev–Trinajstić information content (AvgIpc) is 3.36. The minimum absolute atomic E-state index is 0.159. The molecule has 1 saturated carbocycles. The molecular weight excluding hydrogens is 472 g/mol. The third kappa shape index (κ3) is 3.19. The zero-order valence-corrected chi connectivity index (χ0v) is 22.5. The number of aliphatic hydroxyl groups excluding tert-OH is 1. The first kappa shape index (κ1) is 23.6. The van der Waals surface area contributed by atoms with Crippen LogP contribution in [0.3, 0.4) is 0 Å². The van der Waals surface area contributed by atoms with Gasteiger partial charge in [-0.3, -0.25) is 0 Å². The highest BCUT2D eigenvalue weighted by molar-refractivity contribution is 6.06. The molecule has 1 atom stereocenters. The number of phenolic OH excluding ortho intramolecular Hbond substituents is 1. The van der Waals surface area contributed by atoms with E-state index >= 15 is 0 Å². The van der Waals surface area contributed by atoms with Crippen molar-refractivity contribution in [2.45, 2.75) is 58.2 Å². The molecule has 38 heavy (non-hydrogen) atoms. The first-order valence-electron chi connectivity index (χ1n) is 13.6. The quantitative estimate of drug-likeness (QED) is 0.293. The van der Waals surface area contributed by atoms with Gasteiger partial charge in [-0.15, -0.1) is 0 Å². The number of aliphatic hydroxyl groups is 1. The third-order valence-electron chi connectivity index (χ3n) is 8.90. The minimum Gasteiger partial charge on any atom is -0.507 e. The van der Waals surface area contributed by atoms with Crippen LogP contribution in [-0.4, -0.2) is 16.8 Å². The Labute approximate surface area is 223 Å². The van der Waals surface area contributed by atoms with Gasteiger partial charge in [0, 0.05) is 16.4 Å². The van der Waals surface area contributed by atoms with Crippen LogP contribution in [0, 0.1) is 10.8 Å². The summed E-state index contributed by atoms with van der Waals surface area (Å²) >= 11 is 0. The maximum Gasteiger partial charge on any atom is 0.301 e. The summed E-state index contributed by atoms with van der Waals surface area (Å²) in [6.45, 7) is 9.20. The number of aromatic hydroxyl groups is 1. The molecule has 0 aromatic heterocycles. The predicted octanol–water partition coefficient (Wildman–Crippen LogP) is 7.66. The van der Waals surface area contributed by atoms with Crippen molar-refractivity contribution in [3.8, 4) is 28.4 Å². The molecule has 0 amide bonds. The second kappa shape index (κ2) is 7.54. The van der Waals surface area contributed by atoms with Crippen LogP contribution in [0.4, 0.5) is 0 Å². The third-order valence-corrected chi connectivity index (χ3v) is 8.90. The Bertz CT molecular complexity index is 1580. The summed E-state index contributed by atoms with van der Waals surface area (Å²) in [5, 5.41) is 23.5. The van der Waals surface area contributed by atoms with Gasteiger partial charge in [0.25, 0.3) is 0 Å². The number of rotatable bonds is 2. The lowest BCUT2D eigenvalue weighted by Crippen LogP contribution is -2.43. The van der Waals surface area contributed by atoms with Crippen molar-refractivity contribution in [1.29, 1.82) is 0 Å². The molecule has 0 saturated heterocycles. The molecule has 4 heteroatoms. The zero-order valence-electron chi connectivity index (χ0n) is 22.5. The fraction of sp³-hybridized carbons (Fsp3) is 0.353. The standard InChI is InChI=1S/C34H34O4/c1-31(2)17-32(3,4)19-33(18-31)25-13-9-8-12-22(25)30-24-15-29-28(14-23(24)27(36)16-26(30)33)37-34(20-35,38-29)21-10-6-5-7-11-21/h5-16,35-36H,17-20H2,1-4H3. The Morgan fingerprint density at radius 3 is 1.97 bits per heavy atom. The molecule has 194 valence electrons. The van der Waals surface area contributed by atoms with E-state index in [-0.39, 0.29) is 28.6 Å². The molecule has 1 aliphatic heterocycles. The lowest BCUT2D eigenvalue weighted by Gasteiger charge is -2.51. The van der Waals surface area contributed by atoms with Gasteiger partial charge in [-0.1, -0.05) is 82.3 Å². The average molecular weight is 507 g/mol. The van der Waals surface area contributed by atoms with Crippen molar-refractivity contribution < 1.29 is 19.7 Å². The van der Waals surface area contributed by atoms with Crippen molar-refractivity contribution >= 4 is 10.8 Å². The van der Waals surface area contributed by atoms with E-state index in [4.69, 9.17) is 9.47 Å².